The minimum Gasteiger partial charge on any atom is -0.508 e. The number of benzene rings is 2. The molecule has 2 heterocycles. The highest BCUT2D eigenvalue weighted by Crippen LogP contribution is 2.26. The lowest BCUT2D eigenvalue weighted by atomic mass is 10.1. The van der Waals surface area contributed by atoms with Crippen LogP contribution < -0.4 is 0 Å². The molecule has 6 nitrogen and oxygen atoms in total. The highest BCUT2D eigenvalue weighted by Gasteiger charge is 2.23. The second kappa shape index (κ2) is 6.64. The SMILES string of the molecule is C[C@H](OC(=O)Cc1coc2cc(O)ccc12)C(=O)c1c[nH]c2ccccc12. The molecular weight excluding hydrogens is 346 g/mol. The predicted molar refractivity (Wildman–Crippen MR) is 99.8 cm³/mol. The van der Waals surface area contributed by atoms with E-state index in [9.17, 15) is 14.7 Å². The lowest BCUT2D eigenvalue weighted by molar-refractivity contribution is -0.145. The van der Waals surface area contributed by atoms with Gasteiger partial charge in [0.1, 0.15) is 11.3 Å². The van der Waals surface area contributed by atoms with E-state index < -0.39 is 12.1 Å². The number of phenolic OH excluding ortho intramolecular Hbond substituents is 1. The van der Waals surface area contributed by atoms with Crippen LogP contribution in [0.25, 0.3) is 21.9 Å². The number of hydrogen-bond acceptors (Lipinski definition) is 5. The summed E-state index contributed by atoms with van der Waals surface area (Å²) < 4.78 is 10.7. The molecule has 136 valence electrons. The van der Waals surface area contributed by atoms with Crippen LogP contribution in [0.3, 0.4) is 0 Å². The number of ketones is 1. The van der Waals surface area contributed by atoms with Gasteiger partial charge in [-0.1, -0.05) is 18.2 Å². The van der Waals surface area contributed by atoms with Gasteiger partial charge in [0.2, 0.25) is 5.78 Å². The summed E-state index contributed by atoms with van der Waals surface area (Å²) in [6, 6.07) is 12.1. The number of aromatic nitrogens is 1. The Bertz CT molecular complexity index is 1150. The molecule has 0 fully saturated rings. The maximum Gasteiger partial charge on any atom is 0.311 e. The molecule has 1 atom stereocenters. The smallest absolute Gasteiger partial charge is 0.311 e. The molecule has 0 aliphatic rings. The number of Topliss-reactive ketones (excluding diaryl/α,β-unsaturated/α-hetero) is 1. The number of H-pyrrole nitrogens is 1. The first-order valence-electron chi connectivity index (χ1n) is 8.52. The zero-order valence-corrected chi connectivity index (χ0v) is 14.6. The van der Waals surface area contributed by atoms with E-state index >= 15 is 0 Å². The van der Waals surface area contributed by atoms with Gasteiger partial charge in [0.25, 0.3) is 0 Å². The number of esters is 1. The third-order valence-electron chi connectivity index (χ3n) is 4.51. The summed E-state index contributed by atoms with van der Waals surface area (Å²) in [4.78, 5) is 28.0. The second-order valence-electron chi connectivity index (χ2n) is 6.36. The summed E-state index contributed by atoms with van der Waals surface area (Å²) in [5.41, 5.74) is 2.48. The molecule has 0 saturated heterocycles. The van der Waals surface area contributed by atoms with Crippen LogP contribution in [0.15, 0.2) is 59.3 Å². The summed E-state index contributed by atoms with van der Waals surface area (Å²) in [6.45, 7) is 1.56. The zero-order chi connectivity index (χ0) is 19.0. The van der Waals surface area contributed by atoms with E-state index in [0.29, 0.717) is 16.7 Å². The van der Waals surface area contributed by atoms with Gasteiger partial charge in [0, 0.05) is 39.7 Å². The number of carbonyl (C=O) groups is 2. The van der Waals surface area contributed by atoms with Crippen LogP contribution in [0.2, 0.25) is 0 Å². The fourth-order valence-corrected chi connectivity index (χ4v) is 3.15. The van der Waals surface area contributed by atoms with E-state index in [1.165, 1.54) is 18.4 Å². The molecule has 2 N–H and O–H groups in total. The standard InChI is InChI=1S/C21H17NO5/c1-12(21(25)17-10-22-18-5-3-2-4-16(17)18)27-20(24)8-13-11-26-19-9-14(23)6-7-15(13)19/h2-7,9-12,22-23H,8H2,1H3/t12-/m0/s1. The van der Waals surface area contributed by atoms with Crippen LogP contribution in [-0.2, 0) is 16.0 Å². The quantitative estimate of drug-likeness (QED) is 0.413. The number of furan rings is 1. The van der Waals surface area contributed by atoms with Crippen molar-refractivity contribution in [1.29, 1.82) is 0 Å². The molecule has 0 radical (unpaired) electrons. The molecule has 0 spiro atoms. The molecule has 4 rings (SSSR count). The number of nitrogens with one attached hydrogen (secondary N) is 1. The first kappa shape index (κ1) is 16.9. The maximum absolute atomic E-state index is 12.7. The Morgan fingerprint density at radius 3 is 2.85 bits per heavy atom. The summed E-state index contributed by atoms with van der Waals surface area (Å²) in [5.74, 6) is -0.696. The molecule has 2 aromatic carbocycles. The Morgan fingerprint density at radius 1 is 1.19 bits per heavy atom. The summed E-state index contributed by atoms with van der Waals surface area (Å²) in [7, 11) is 0. The molecular formula is C21H17NO5. The van der Waals surface area contributed by atoms with Crippen molar-refractivity contribution in [2.24, 2.45) is 0 Å². The number of rotatable bonds is 5. The summed E-state index contributed by atoms with van der Waals surface area (Å²) in [6.07, 6.45) is 2.16. The first-order valence-corrected chi connectivity index (χ1v) is 8.52. The molecule has 27 heavy (non-hydrogen) atoms. The molecule has 0 aliphatic heterocycles. The Balaban J connectivity index is 1.48. The van der Waals surface area contributed by atoms with Crippen LogP contribution in [0, 0.1) is 0 Å². The van der Waals surface area contributed by atoms with Crippen molar-refractivity contribution in [3.05, 3.63) is 66.1 Å². The fourth-order valence-electron chi connectivity index (χ4n) is 3.15. The van der Waals surface area contributed by atoms with Gasteiger partial charge in [-0.3, -0.25) is 9.59 Å². The molecule has 6 heteroatoms. The monoisotopic (exact) mass is 363 g/mol. The lowest BCUT2D eigenvalue weighted by Gasteiger charge is -2.11. The number of hydrogen-bond donors (Lipinski definition) is 2. The molecule has 0 unspecified atom stereocenters. The third kappa shape index (κ3) is 3.17. The van der Waals surface area contributed by atoms with Crippen LogP contribution in [0.5, 0.6) is 5.75 Å². The lowest BCUT2D eigenvalue weighted by Crippen LogP contribution is -2.25. The molecule has 2 aromatic heterocycles. The van der Waals surface area contributed by atoms with Gasteiger partial charge in [-0.15, -0.1) is 0 Å². The number of phenols is 1. The van der Waals surface area contributed by atoms with Crippen LogP contribution >= 0.6 is 0 Å². The maximum atomic E-state index is 12.7. The van der Waals surface area contributed by atoms with Gasteiger partial charge >= 0.3 is 5.97 Å². The number of ether oxygens (including phenoxy) is 1. The van der Waals surface area contributed by atoms with E-state index in [4.69, 9.17) is 9.15 Å². The van der Waals surface area contributed by atoms with Crippen molar-refractivity contribution in [2.45, 2.75) is 19.4 Å². The van der Waals surface area contributed by atoms with Crippen molar-refractivity contribution in [3.63, 3.8) is 0 Å². The molecule has 0 aliphatic carbocycles. The van der Waals surface area contributed by atoms with Gasteiger partial charge in [0.05, 0.1) is 12.7 Å². The number of carbonyl (C=O) groups excluding carboxylic acids is 2. The average Bonchev–Trinajstić information content (AvgIpc) is 3.25. The van der Waals surface area contributed by atoms with Crippen molar-refractivity contribution in [2.75, 3.05) is 0 Å². The number of aromatic amines is 1. The molecule has 4 aromatic rings. The normalized spacial score (nSPS) is 12.3. The fraction of sp³-hybridized carbons (Fsp3) is 0.143. The Kier molecular flexibility index (Phi) is 4.16. The van der Waals surface area contributed by atoms with Gasteiger partial charge < -0.3 is 19.2 Å². The van der Waals surface area contributed by atoms with E-state index in [-0.39, 0.29) is 18.0 Å². The first-order chi connectivity index (χ1) is 13.0. The van der Waals surface area contributed by atoms with E-state index in [0.717, 1.165) is 16.3 Å². The average molecular weight is 363 g/mol. The second-order valence-corrected chi connectivity index (χ2v) is 6.36. The number of aromatic hydroxyl groups is 1. The molecule has 0 bridgehead atoms. The zero-order valence-electron chi connectivity index (χ0n) is 14.6. The topological polar surface area (TPSA) is 92.5 Å². The van der Waals surface area contributed by atoms with Crippen molar-refractivity contribution in [1.82, 2.24) is 4.98 Å². The minimum atomic E-state index is -0.904. The molecule has 0 amide bonds. The number of fused-ring (bicyclic) bond motifs is 2. The number of para-hydroxylation sites is 1. The Hall–Kier alpha value is -3.54. The van der Waals surface area contributed by atoms with Crippen LogP contribution in [-0.4, -0.2) is 27.9 Å². The Labute approximate surface area is 154 Å². The van der Waals surface area contributed by atoms with Gasteiger partial charge in [-0.2, -0.15) is 0 Å². The van der Waals surface area contributed by atoms with Gasteiger partial charge in [-0.05, 0) is 25.1 Å². The molecule has 0 saturated carbocycles. The van der Waals surface area contributed by atoms with Crippen molar-refractivity contribution >= 4 is 33.6 Å². The summed E-state index contributed by atoms with van der Waals surface area (Å²) >= 11 is 0. The predicted octanol–water partition coefficient (Wildman–Crippen LogP) is 3.98. The Morgan fingerprint density at radius 2 is 2.00 bits per heavy atom. The van der Waals surface area contributed by atoms with Gasteiger partial charge in [-0.25, -0.2) is 0 Å². The van der Waals surface area contributed by atoms with Crippen LogP contribution in [0.1, 0.15) is 22.8 Å². The largest absolute Gasteiger partial charge is 0.508 e. The van der Waals surface area contributed by atoms with E-state index in [1.54, 1.807) is 19.2 Å². The van der Waals surface area contributed by atoms with Crippen LogP contribution in [0.4, 0.5) is 0 Å². The van der Waals surface area contributed by atoms with E-state index in [1.807, 2.05) is 24.3 Å². The van der Waals surface area contributed by atoms with Crippen molar-refractivity contribution in [3.8, 4) is 5.75 Å². The highest BCUT2D eigenvalue weighted by molar-refractivity contribution is 6.10. The van der Waals surface area contributed by atoms with Crippen molar-refractivity contribution < 1.29 is 23.8 Å². The third-order valence-corrected chi connectivity index (χ3v) is 4.51. The summed E-state index contributed by atoms with van der Waals surface area (Å²) in [5, 5.41) is 11.0. The van der Waals surface area contributed by atoms with E-state index in [2.05, 4.69) is 4.98 Å². The highest BCUT2D eigenvalue weighted by atomic mass is 16.5. The van der Waals surface area contributed by atoms with Gasteiger partial charge in [0.15, 0.2) is 6.10 Å². The minimum absolute atomic E-state index is 0.0245.